The van der Waals surface area contributed by atoms with E-state index in [0.717, 1.165) is 29.1 Å². The summed E-state index contributed by atoms with van der Waals surface area (Å²) in [5, 5.41) is 12.8. The van der Waals surface area contributed by atoms with Gasteiger partial charge in [0.1, 0.15) is 0 Å². The van der Waals surface area contributed by atoms with Crippen LogP contribution in [0.4, 0.5) is 0 Å². The summed E-state index contributed by atoms with van der Waals surface area (Å²) in [6.07, 6.45) is 2.72. The normalized spacial score (nSPS) is 12.9. The van der Waals surface area contributed by atoms with Crippen molar-refractivity contribution in [1.29, 1.82) is 0 Å². The predicted octanol–water partition coefficient (Wildman–Crippen LogP) is 1.62. The van der Waals surface area contributed by atoms with Gasteiger partial charge >= 0.3 is 0 Å². The van der Waals surface area contributed by atoms with Crippen molar-refractivity contribution in [1.82, 2.24) is 25.4 Å². The highest BCUT2D eigenvalue weighted by Gasteiger charge is 2.16. The van der Waals surface area contributed by atoms with Gasteiger partial charge in [-0.25, -0.2) is 0 Å². The van der Waals surface area contributed by atoms with Crippen LogP contribution in [0, 0.1) is 13.8 Å². The molecular formula is C14H22N6. The Morgan fingerprint density at radius 1 is 1.30 bits per heavy atom. The van der Waals surface area contributed by atoms with Gasteiger partial charge in [0.05, 0.1) is 23.1 Å². The molecule has 20 heavy (non-hydrogen) atoms. The number of nitrogens with one attached hydrogen (secondary N) is 1. The first-order valence-electron chi connectivity index (χ1n) is 6.82. The van der Waals surface area contributed by atoms with Crippen LogP contribution < -0.4 is 11.3 Å². The van der Waals surface area contributed by atoms with E-state index in [2.05, 4.69) is 34.6 Å². The van der Waals surface area contributed by atoms with Gasteiger partial charge in [0.2, 0.25) is 0 Å². The third-order valence-electron chi connectivity index (χ3n) is 3.32. The number of nitrogens with two attached hydrogens (primary N) is 1. The van der Waals surface area contributed by atoms with Crippen molar-refractivity contribution in [2.75, 3.05) is 0 Å². The second-order valence-corrected chi connectivity index (χ2v) is 5.33. The molecule has 108 valence electrons. The maximum atomic E-state index is 5.71. The van der Waals surface area contributed by atoms with Gasteiger partial charge in [-0.1, -0.05) is 0 Å². The number of hydrogen-bond donors (Lipinski definition) is 2. The molecule has 0 aromatic carbocycles. The summed E-state index contributed by atoms with van der Waals surface area (Å²) in [6.45, 7) is 8.08. The Labute approximate surface area is 119 Å². The molecule has 1 unspecified atom stereocenters. The summed E-state index contributed by atoms with van der Waals surface area (Å²) < 4.78 is 1.95. The average molecular weight is 274 g/mol. The number of aromatic nitrogens is 4. The summed E-state index contributed by atoms with van der Waals surface area (Å²) in [6, 6.07) is 4.40. The predicted molar refractivity (Wildman–Crippen MR) is 77.9 cm³/mol. The minimum absolute atomic E-state index is 0.0142. The number of aryl methyl sites for hydroxylation is 2. The van der Waals surface area contributed by atoms with Crippen LogP contribution >= 0.6 is 0 Å². The van der Waals surface area contributed by atoms with Gasteiger partial charge in [-0.05, 0) is 45.4 Å². The zero-order valence-electron chi connectivity index (χ0n) is 12.5. The van der Waals surface area contributed by atoms with Crippen LogP contribution in [0.5, 0.6) is 0 Å². The van der Waals surface area contributed by atoms with Crippen LogP contribution in [0.2, 0.25) is 0 Å². The topological polar surface area (TPSA) is 81.7 Å². The van der Waals surface area contributed by atoms with E-state index in [1.165, 1.54) is 0 Å². The third kappa shape index (κ3) is 3.20. The molecule has 1 atom stereocenters. The fraction of sp³-hybridized carbons (Fsp3) is 0.500. The largest absolute Gasteiger partial charge is 0.271 e. The first kappa shape index (κ1) is 14.6. The monoisotopic (exact) mass is 274 g/mol. The molecule has 0 aliphatic rings. The molecule has 0 saturated heterocycles. The summed E-state index contributed by atoms with van der Waals surface area (Å²) in [5.41, 5.74) is 6.71. The van der Waals surface area contributed by atoms with Crippen LogP contribution in [0.15, 0.2) is 18.3 Å². The van der Waals surface area contributed by atoms with E-state index in [-0.39, 0.29) is 6.04 Å². The quantitative estimate of drug-likeness (QED) is 0.639. The summed E-state index contributed by atoms with van der Waals surface area (Å²) >= 11 is 0. The molecule has 2 heterocycles. The standard InChI is InChI=1S/C14H22N6/c1-9(2)20-6-5-12(19-20)8-14(16-15)13-7-10(3)17-18-11(13)4/h5-7,9,14,16H,8,15H2,1-4H3. The highest BCUT2D eigenvalue weighted by atomic mass is 15.3. The molecular weight excluding hydrogens is 252 g/mol. The molecule has 3 N–H and O–H groups in total. The van der Waals surface area contributed by atoms with E-state index in [0.29, 0.717) is 6.04 Å². The van der Waals surface area contributed by atoms with Gasteiger partial charge in [-0.15, -0.1) is 0 Å². The van der Waals surface area contributed by atoms with Crippen molar-refractivity contribution < 1.29 is 0 Å². The van der Waals surface area contributed by atoms with Crippen molar-refractivity contribution in [3.63, 3.8) is 0 Å². The molecule has 0 radical (unpaired) electrons. The van der Waals surface area contributed by atoms with Crippen LogP contribution in [0.25, 0.3) is 0 Å². The fourth-order valence-corrected chi connectivity index (χ4v) is 2.16. The molecule has 0 fully saturated rings. The highest BCUT2D eigenvalue weighted by Crippen LogP contribution is 2.20. The molecule has 6 nitrogen and oxygen atoms in total. The maximum Gasteiger partial charge on any atom is 0.0648 e. The van der Waals surface area contributed by atoms with E-state index in [1.54, 1.807) is 0 Å². The Morgan fingerprint density at radius 3 is 2.65 bits per heavy atom. The number of hydrazine groups is 1. The molecule has 0 bridgehead atoms. The Morgan fingerprint density at radius 2 is 2.05 bits per heavy atom. The molecule has 0 aliphatic carbocycles. The lowest BCUT2D eigenvalue weighted by molar-refractivity contribution is 0.504. The van der Waals surface area contributed by atoms with E-state index in [9.17, 15) is 0 Å². The van der Waals surface area contributed by atoms with E-state index < -0.39 is 0 Å². The second-order valence-electron chi connectivity index (χ2n) is 5.33. The first-order valence-corrected chi connectivity index (χ1v) is 6.82. The number of hydrogen-bond acceptors (Lipinski definition) is 5. The second kappa shape index (κ2) is 6.11. The SMILES string of the molecule is Cc1cc(C(Cc2ccn(C(C)C)n2)NN)c(C)nn1. The molecule has 0 amide bonds. The zero-order valence-corrected chi connectivity index (χ0v) is 12.5. The minimum atomic E-state index is -0.0142. The highest BCUT2D eigenvalue weighted by molar-refractivity contribution is 5.25. The van der Waals surface area contributed by atoms with Crippen molar-refractivity contribution in [3.05, 3.63) is 41.0 Å². The Bertz CT molecular complexity index is 575. The fourth-order valence-electron chi connectivity index (χ4n) is 2.16. The van der Waals surface area contributed by atoms with Gasteiger partial charge in [0.25, 0.3) is 0 Å². The zero-order chi connectivity index (χ0) is 14.7. The van der Waals surface area contributed by atoms with Gasteiger partial charge < -0.3 is 0 Å². The number of rotatable bonds is 5. The van der Waals surface area contributed by atoms with Gasteiger partial charge in [-0.2, -0.15) is 15.3 Å². The minimum Gasteiger partial charge on any atom is -0.271 e. The van der Waals surface area contributed by atoms with Gasteiger partial charge in [0, 0.05) is 18.7 Å². The van der Waals surface area contributed by atoms with E-state index >= 15 is 0 Å². The maximum absolute atomic E-state index is 5.71. The van der Waals surface area contributed by atoms with Crippen molar-refractivity contribution in [2.45, 2.75) is 46.2 Å². The van der Waals surface area contributed by atoms with Gasteiger partial charge in [0.15, 0.2) is 0 Å². The Balaban J connectivity index is 2.21. The van der Waals surface area contributed by atoms with Crippen LogP contribution in [-0.4, -0.2) is 20.0 Å². The molecule has 0 spiro atoms. The molecule has 0 saturated carbocycles. The first-order chi connectivity index (χ1) is 9.51. The lowest BCUT2D eigenvalue weighted by atomic mass is 10.0. The third-order valence-corrected chi connectivity index (χ3v) is 3.32. The number of nitrogens with zero attached hydrogens (tertiary/aromatic N) is 4. The molecule has 2 rings (SSSR count). The Hall–Kier alpha value is -1.79. The van der Waals surface area contributed by atoms with Crippen LogP contribution in [0.1, 0.15) is 48.6 Å². The molecule has 2 aromatic heterocycles. The molecule has 6 heteroatoms. The van der Waals surface area contributed by atoms with Crippen LogP contribution in [0.3, 0.4) is 0 Å². The van der Waals surface area contributed by atoms with Crippen molar-refractivity contribution in [2.24, 2.45) is 5.84 Å². The summed E-state index contributed by atoms with van der Waals surface area (Å²) in [5.74, 6) is 5.71. The van der Waals surface area contributed by atoms with E-state index in [4.69, 9.17) is 5.84 Å². The smallest absolute Gasteiger partial charge is 0.0648 e. The Kier molecular flexibility index (Phi) is 4.46. The summed E-state index contributed by atoms with van der Waals surface area (Å²) in [7, 11) is 0. The molecule has 0 aliphatic heterocycles. The molecule has 2 aromatic rings. The van der Waals surface area contributed by atoms with E-state index in [1.807, 2.05) is 36.9 Å². The summed E-state index contributed by atoms with van der Waals surface area (Å²) in [4.78, 5) is 0. The average Bonchev–Trinajstić information content (AvgIpc) is 2.88. The van der Waals surface area contributed by atoms with Crippen LogP contribution in [-0.2, 0) is 6.42 Å². The van der Waals surface area contributed by atoms with Crippen molar-refractivity contribution >= 4 is 0 Å². The van der Waals surface area contributed by atoms with Gasteiger partial charge in [-0.3, -0.25) is 16.0 Å². The lowest BCUT2D eigenvalue weighted by Gasteiger charge is -2.17. The lowest BCUT2D eigenvalue weighted by Crippen LogP contribution is -2.30. The van der Waals surface area contributed by atoms with Crippen molar-refractivity contribution in [3.8, 4) is 0 Å².